The minimum atomic E-state index is -0.483. The zero-order valence-electron chi connectivity index (χ0n) is 16.1. The third-order valence-corrected chi connectivity index (χ3v) is 5.29. The van der Waals surface area contributed by atoms with Gasteiger partial charge in [0.15, 0.2) is 11.0 Å². The third kappa shape index (κ3) is 5.41. The van der Waals surface area contributed by atoms with Crippen molar-refractivity contribution in [2.45, 2.75) is 11.7 Å². The number of aromatic nitrogens is 5. The number of H-pyrrole nitrogens is 2. The predicted molar refractivity (Wildman–Crippen MR) is 118 cm³/mol. The molecule has 0 unspecified atom stereocenters. The summed E-state index contributed by atoms with van der Waals surface area (Å²) < 4.78 is 5.74. The van der Waals surface area contributed by atoms with Crippen LogP contribution in [0.25, 0.3) is 10.9 Å². The zero-order chi connectivity index (χ0) is 21.6. The van der Waals surface area contributed by atoms with Crippen LogP contribution in [0.1, 0.15) is 16.2 Å². The fraction of sp³-hybridized carbons (Fsp3) is 0.150. The van der Waals surface area contributed by atoms with Crippen LogP contribution < -0.4 is 15.6 Å². The molecule has 158 valence electrons. The highest BCUT2D eigenvalue weighted by atomic mass is 35.5. The quantitative estimate of drug-likeness (QED) is 0.275. The summed E-state index contributed by atoms with van der Waals surface area (Å²) in [6, 6.07) is 12.1. The van der Waals surface area contributed by atoms with Gasteiger partial charge in [-0.3, -0.25) is 14.7 Å². The Morgan fingerprint density at radius 2 is 2.13 bits per heavy atom. The predicted octanol–water partition coefficient (Wildman–Crippen LogP) is 2.80. The molecule has 0 radical (unpaired) electrons. The lowest BCUT2D eigenvalue weighted by atomic mass is 10.2. The maximum Gasteiger partial charge on any atom is 0.287 e. The first-order valence-electron chi connectivity index (χ1n) is 9.26. The van der Waals surface area contributed by atoms with E-state index in [2.05, 4.69) is 30.5 Å². The Balaban J connectivity index is 1.34. The summed E-state index contributed by atoms with van der Waals surface area (Å²) in [6.45, 7) is 0.749. The summed E-state index contributed by atoms with van der Waals surface area (Å²) in [4.78, 5) is 35.4. The Hall–Kier alpha value is -3.37. The number of hydrogen-bond acceptors (Lipinski definition) is 7. The van der Waals surface area contributed by atoms with Crippen LogP contribution in [0, 0.1) is 0 Å². The number of thioether (sulfide) groups is 1. The largest absolute Gasteiger partial charge is 0.493 e. The van der Waals surface area contributed by atoms with Gasteiger partial charge in [0.05, 0.1) is 17.5 Å². The van der Waals surface area contributed by atoms with Crippen LogP contribution in [0.15, 0.2) is 58.7 Å². The number of nitrogens with zero attached hydrogens (tertiary/aromatic N) is 3. The van der Waals surface area contributed by atoms with Gasteiger partial charge in [0, 0.05) is 17.3 Å². The number of carbonyl (C=O) groups is 1. The number of aromatic amines is 2. The van der Waals surface area contributed by atoms with Crippen LogP contribution in [-0.2, 0) is 6.54 Å². The third-order valence-electron chi connectivity index (χ3n) is 4.22. The number of benzene rings is 2. The number of hydrogen-bond donors (Lipinski definition) is 3. The first-order chi connectivity index (χ1) is 15.1. The average Bonchev–Trinajstić information content (AvgIpc) is 3.29. The Bertz CT molecular complexity index is 1260. The lowest BCUT2D eigenvalue weighted by molar-refractivity contribution is 0.0940. The number of ether oxygens (including phenoxy) is 1. The SMILES string of the molecule is O=C(NCc1cccc(OCCSc2ncn[nH]2)c1)c1nc2ccc(Cl)cc2c(=O)[nH]1. The lowest BCUT2D eigenvalue weighted by Crippen LogP contribution is -2.27. The van der Waals surface area contributed by atoms with E-state index in [1.807, 2.05) is 24.3 Å². The monoisotopic (exact) mass is 456 g/mol. The van der Waals surface area contributed by atoms with Gasteiger partial charge < -0.3 is 15.0 Å². The van der Waals surface area contributed by atoms with Crippen molar-refractivity contribution < 1.29 is 9.53 Å². The van der Waals surface area contributed by atoms with Crippen LogP contribution in [0.3, 0.4) is 0 Å². The van der Waals surface area contributed by atoms with Gasteiger partial charge in [0.25, 0.3) is 11.5 Å². The molecule has 0 bridgehead atoms. The normalized spacial score (nSPS) is 10.9. The van der Waals surface area contributed by atoms with Crippen molar-refractivity contribution in [3.8, 4) is 5.75 Å². The summed E-state index contributed by atoms with van der Waals surface area (Å²) in [6.07, 6.45) is 1.46. The number of nitrogens with one attached hydrogen (secondary N) is 3. The molecule has 9 nitrogen and oxygen atoms in total. The minimum absolute atomic E-state index is 0.0586. The van der Waals surface area contributed by atoms with Crippen molar-refractivity contribution >= 4 is 40.2 Å². The molecule has 0 aliphatic rings. The van der Waals surface area contributed by atoms with Crippen molar-refractivity contribution in [1.29, 1.82) is 0 Å². The van der Waals surface area contributed by atoms with Gasteiger partial charge >= 0.3 is 0 Å². The molecule has 3 N–H and O–H groups in total. The van der Waals surface area contributed by atoms with E-state index in [1.165, 1.54) is 24.2 Å². The van der Waals surface area contributed by atoms with Crippen molar-refractivity contribution in [2.24, 2.45) is 0 Å². The molecule has 4 rings (SSSR count). The van der Waals surface area contributed by atoms with Crippen LogP contribution in [0.4, 0.5) is 0 Å². The highest BCUT2D eigenvalue weighted by Gasteiger charge is 2.12. The molecule has 0 atom stereocenters. The molecule has 0 saturated carbocycles. The van der Waals surface area contributed by atoms with Gasteiger partial charge in [-0.1, -0.05) is 35.5 Å². The summed E-state index contributed by atoms with van der Waals surface area (Å²) in [5.41, 5.74) is 0.830. The van der Waals surface area contributed by atoms with E-state index in [-0.39, 0.29) is 12.4 Å². The van der Waals surface area contributed by atoms with Gasteiger partial charge in [0.1, 0.15) is 12.1 Å². The van der Waals surface area contributed by atoms with Crippen molar-refractivity contribution in [2.75, 3.05) is 12.4 Å². The molecule has 0 aliphatic carbocycles. The Morgan fingerprint density at radius 1 is 1.23 bits per heavy atom. The highest BCUT2D eigenvalue weighted by Crippen LogP contribution is 2.16. The maximum atomic E-state index is 12.5. The number of carbonyl (C=O) groups excluding carboxylic acids is 1. The number of halogens is 1. The van der Waals surface area contributed by atoms with Crippen molar-refractivity contribution in [1.82, 2.24) is 30.5 Å². The van der Waals surface area contributed by atoms with E-state index in [0.717, 1.165) is 10.7 Å². The Labute approximate surface area is 185 Å². The van der Waals surface area contributed by atoms with Crippen LogP contribution in [-0.4, -0.2) is 43.4 Å². The molecular weight excluding hydrogens is 440 g/mol. The summed E-state index contributed by atoms with van der Waals surface area (Å²) in [5.74, 6) is 0.863. The van der Waals surface area contributed by atoms with E-state index in [9.17, 15) is 9.59 Å². The fourth-order valence-electron chi connectivity index (χ4n) is 2.79. The van der Waals surface area contributed by atoms with Gasteiger partial charge in [-0.05, 0) is 35.9 Å². The molecule has 0 fully saturated rings. The van der Waals surface area contributed by atoms with Crippen LogP contribution in [0.5, 0.6) is 5.75 Å². The second-order valence-corrected chi connectivity index (χ2v) is 7.91. The summed E-state index contributed by atoms with van der Waals surface area (Å²) in [7, 11) is 0. The van der Waals surface area contributed by atoms with E-state index in [1.54, 1.807) is 12.1 Å². The highest BCUT2D eigenvalue weighted by molar-refractivity contribution is 7.99. The lowest BCUT2D eigenvalue weighted by Gasteiger charge is -2.09. The van der Waals surface area contributed by atoms with E-state index in [0.29, 0.717) is 34.0 Å². The van der Waals surface area contributed by atoms with Gasteiger partial charge in [-0.2, -0.15) is 5.10 Å². The molecule has 11 heteroatoms. The molecule has 2 heterocycles. The second kappa shape index (κ2) is 9.63. The van der Waals surface area contributed by atoms with Crippen LogP contribution >= 0.6 is 23.4 Å². The van der Waals surface area contributed by atoms with Crippen LogP contribution in [0.2, 0.25) is 5.02 Å². The van der Waals surface area contributed by atoms with Gasteiger partial charge in [0.2, 0.25) is 0 Å². The summed E-state index contributed by atoms with van der Waals surface area (Å²) in [5, 5.41) is 10.8. The molecular formula is C20H17ClN6O3S. The van der Waals surface area contributed by atoms with E-state index < -0.39 is 11.5 Å². The molecule has 1 amide bonds. The molecule has 0 aliphatic heterocycles. The Morgan fingerprint density at radius 3 is 2.97 bits per heavy atom. The van der Waals surface area contributed by atoms with Crippen molar-refractivity contribution in [3.05, 3.63) is 75.6 Å². The Kier molecular flexibility index (Phi) is 6.48. The number of rotatable bonds is 8. The standard InChI is InChI=1S/C20H17ClN6O3S/c21-13-4-5-16-15(9-13)18(28)26-17(25-16)19(29)22-10-12-2-1-3-14(8-12)30-6-7-31-20-23-11-24-27-20/h1-5,8-9,11H,6-7,10H2,(H,22,29)(H,23,24,27)(H,25,26,28). The molecule has 0 saturated heterocycles. The zero-order valence-corrected chi connectivity index (χ0v) is 17.7. The molecule has 4 aromatic rings. The fourth-order valence-corrected chi connectivity index (χ4v) is 3.56. The topological polar surface area (TPSA) is 126 Å². The van der Waals surface area contributed by atoms with E-state index >= 15 is 0 Å². The second-order valence-electron chi connectivity index (χ2n) is 6.39. The smallest absolute Gasteiger partial charge is 0.287 e. The van der Waals surface area contributed by atoms with E-state index in [4.69, 9.17) is 16.3 Å². The van der Waals surface area contributed by atoms with Gasteiger partial charge in [-0.15, -0.1) is 0 Å². The van der Waals surface area contributed by atoms with Gasteiger partial charge in [-0.25, -0.2) is 9.97 Å². The average molecular weight is 457 g/mol. The molecule has 0 spiro atoms. The van der Waals surface area contributed by atoms with Crippen molar-refractivity contribution in [3.63, 3.8) is 0 Å². The first kappa shape index (κ1) is 20.9. The maximum absolute atomic E-state index is 12.5. The molecule has 2 aromatic carbocycles. The number of fused-ring (bicyclic) bond motifs is 1. The summed E-state index contributed by atoms with van der Waals surface area (Å²) >= 11 is 7.42. The minimum Gasteiger partial charge on any atom is -0.493 e. The molecule has 31 heavy (non-hydrogen) atoms. The first-order valence-corrected chi connectivity index (χ1v) is 10.6. The molecule has 2 aromatic heterocycles. The number of amides is 1.